The Morgan fingerprint density at radius 1 is 1.19 bits per heavy atom. The Hall–Kier alpha value is -2.44. The number of nitrogens with zero attached hydrogens (tertiary/aromatic N) is 2. The van der Waals surface area contributed by atoms with Crippen molar-refractivity contribution in [1.82, 2.24) is 15.1 Å². The number of hydrogen-bond donors (Lipinski definition) is 1. The summed E-state index contributed by atoms with van der Waals surface area (Å²) >= 11 is 6.08. The number of carbonyl (C=O) groups excluding carboxylic acids is 2. The summed E-state index contributed by atoms with van der Waals surface area (Å²) in [5, 5.41) is 3.35. The van der Waals surface area contributed by atoms with Crippen LogP contribution in [0.4, 0.5) is 9.18 Å². The van der Waals surface area contributed by atoms with Crippen LogP contribution in [0.25, 0.3) is 0 Å². The predicted molar refractivity (Wildman–Crippen MR) is 102 cm³/mol. The molecule has 0 spiro atoms. The molecule has 142 valence electrons. The second-order valence-electron chi connectivity index (χ2n) is 6.71. The first-order chi connectivity index (χ1) is 12.9. The van der Waals surface area contributed by atoms with Crippen molar-refractivity contribution >= 4 is 23.5 Å². The molecule has 27 heavy (non-hydrogen) atoms. The standard InChI is InChI=1S/C20H21ClFN3O2/c1-3-20(15-5-4-6-16(21)11-15)18(26)25(19(27)23-20)13-24(2)12-14-7-9-17(22)10-8-14/h4-11H,3,12-13H2,1-2H3,(H,23,27)/t20-/m0/s1. The second kappa shape index (κ2) is 7.66. The Kier molecular flexibility index (Phi) is 5.48. The van der Waals surface area contributed by atoms with Gasteiger partial charge in [0.15, 0.2) is 0 Å². The average molecular weight is 390 g/mol. The van der Waals surface area contributed by atoms with Gasteiger partial charge in [0.1, 0.15) is 11.4 Å². The highest BCUT2D eigenvalue weighted by Crippen LogP contribution is 2.33. The zero-order valence-corrected chi connectivity index (χ0v) is 16.0. The lowest BCUT2D eigenvalue weighted by Gasteiger charge is -2.27. The Balaban J connectivity index is 1.77. The van der Waals surface area contributed by atoms with Crippen molar-refractivity contribution in [2.24, 2.45) is 0 Å². The zero-order valence-electron chi connectivity index (χ0n) is 15.2. The Bertz CT molecular complexity index is 859. The number of nitrogens with one attached hydrogen (secondary N) is 1. The van der Waals surface area contributed by atoms with Crippen molar-refractivity contribution in [1.29, 1.82) is 0 Å². The van der Waals surface area contributed by atoms with Gasteiger partial charge in [-0.3, -0.25) is 9.69 Å². The predicted octanol–water partition coefficient (Wildman–Crippen LogP) is 3.73. The van der Waals surface area contributed by atoms with Gasteiger partial charge in [-0.25, -0.2) is 14.1 Å². The second-order valence-corrected chi connectivity index (χ2v) is 7.15. The number of urea groups is 1. The summed E-state index contributed by atoms with van der Waals surface area (Å²) in [6.45, 7) is 2.46. The molecule has 1 atom stereocenters. The fourth-order valence-electron chi connectivity index (χ4n) is 3.34. The van der Waals surface area contributed by atoms with Crippen molar-refractivity contribution in [3.05, 3.63) is 70.5 Å². The van der Waals surface area contributed by atoms with E-state index in [1.807, 2.05) is 11.8 Å². The normalized spacial score (nSPS) is 19.7. The van der Waals surface area contributed by atoms with Crippen molar-refractivity contribution in [2.75, 3.05) is 13.7 Å². The molecule has 2 aromatic carbocycles. The SMILES string of the molecule is CC[C@@]1(c2cccc(Cl)c2)NC(=O)N(CN(C)Cc2ccc(F)cc2)C1=O. The first-order valence-corrected chi connectivity index (χ1v) is 9.06. The summed E-state index contributed by atoms with van der Waals surface area (Å²) in [4.78, 5) is 28.7. The molecule has 1 fully saturated rings. The molecule has 1 aliphatic heterocycles. The van der Waals surface area contributed by atoms with Gasteiger partial charge in [-0.05, 0) is 48.9 Å². The van der Waals surface area contributed by atoms with Crippen molar-refractivity contribution in [3.8, 4) is 0 Å². The minimum Gasteiger partial charge on any atom is -0.319 e. The summed E-state index contributed by atoms with van der Waals surface area (Å²) in [7, 11) is 1.80. The molecule has 1 heterocycles. The molecule has 0 radical (unpaired) electrons. The van der Waals surface area contributed by atoms with Gasteiger partial charge < -0.3 is 5.32 Å². The minimum atomic E-state index is -1.11. The minimum absolute atomic E-state index is 0.129. The fourth-order valence-corrected chi connectivity index (χ4v) is 3.53. The summed E-state index contributed by atoms with van der Waals surface area (Å²) in [5.41, 5.74) is 0.445. The van der Waals surface area contributed by atoms with E-state index in [2.05, 4.69) is 5.32 Å². The van der Waals surface area contributed by atoms with Gasteiger partial charge in [-0.2, -0.15) is 0 Å². The highest BCUT2D eigenvalue weighted by Gasteiger charge is 2.51. The zero-order chi connectivity index (χ0) is 19.6. The highest BCUT2D eigenvalue weighted by molar-refractivity contribution is 6.30. The molecule has 1 N–H and O–H groups in total. The van der Waals surface area contributed by atoms with Crippen LogP contribution in [0.5, 0.6) is 0 Å². The fraction of sp³-hybridized carbons (Fsp3) is 0.300. The largest absolute Gasteiger partial charge is 0.326 e. The van der Waals surface area contributed by atoms with Crippen LogP contribution >= 0.6 is 11.6 Å². The number of amides is 3. The van der Waals surface area contributed by atoms with E-state index in [1.54, 1.807) is 43.4 Å². The third-order valence-electron chi connectivity index (χ3n) is 4.77. The number of halogens is 2. The molecule has 2 aromatic rings. The first-order valence-electron chi connectivity index (χ1n) is 8.69. The molecule has 0 aromatic heterocycles. The topological polar surface area (TPSA) is 52.7 Å². The molecule has 0 unspecified atom stereocenters. The quantitative estimate of drug-likeness (QED) is 0.766. The molecule has 0 saturated carbocycles. The Morgan fingerprint density at radius 2 is 1.89 bits per heavy atom. The van der Waals surface area contributed by atoms with E-state index in [9.17, 15) is 14.0 Å². The number of carbonyl (C=O) groups is 2. The molecule has 0 bridgehead atoms. The van der Waals surface area contributed by atoms with Crippen LogP contribution in [-0.4, -0.2) is 35.5 Å². The molecule has 7 heteroatoms. The third kappa shape index (κ3) is 3.82. The summed E-state index contributed by atoms with van der Waals surface area (Å²) in [6, 6.07) is 12.7. The van der Waals surface area contributed by atoms with E-state index in [-0.39, 0.29) is 18.4 Å². The van der Waals surface area contributed by atoms with Crippen molar-refractivity contribution < 1.29 is 14.0 Å². The third-order valence-corrected chi connectivity index (χ3v) is 5.01. The molecule has 0 aliphatic carbocycles. The van der Waals surface area contributed by atoms with Crippen LogP contribution in [0.15, 0.2) is 48.5 Å². The first kappa shape index (κ1) is 19.3. The molecule has 1 aliphatic rings. The maximum atomic E-state index is 13.1. The van der Waals surface area contributed by atoms with Gasteiger partial charge in [0.2, 0.25) is 0 Å². The Labute approximate surface area is 162 Å². The van der Waals surface area contributed by atoms with E-state index in [0.29, 0.717) is 23.6 Å². The van der Waals surface area contributed by atoms with Gasteiger partial charge in [-0.15, -0.1) is 0 Å². The Morgan fingerprint density at radius 3 is 2.52 bits per heavy atom. The lowest BCUT2D eigenvalue weighted by Crippen LogP contribution is -2.44. The summed E-state index contributed by atoms with van der Waals surface area (Å²) in [5.74, 6) is -0.604. The summed E-state index contributed by atoms with van der Waals surface area (Å²) < 4.78 is 13.0. The van der Waals surface area contributed by atoms with Crippen molar-refractivity contribution in [3.63, 3.8) is 0 Å². The average Bonchev–Trinajstić information content (AvgIpc) is 2.89. The summed E-state index contributed by atoms with van der Waals surface area (Å²) in [6.07, 6.45) is 0.413. The van der Waals surface area contributed by atoms with E-state index >= 15 is 0 Å². The van der Waals surface area contributed by atoms with Crippen LogP contribution in [0.2, 0.25) is 5.02 Å². The maximum Gasteiger partial charge on any atom is 0.326 e. The van der Waals surface area contributed by atoms with Crippen LogP contribution in [-0.2, 0) is 16.9 Å². The molecule has 3 amide bonds. The number of benzene rings is 2. The number of imide groups is 1. The van der Waals surface area contributed by atoms with Crippen LogP contribution < -0.4 is 5.32 Å². The molecule has 5 nitrogen and oxygen atoms in total. The lowest BCUT2D eigenvalue weighted by atomic mass is 9.87. The van der Waals surface area contributed by atoms with Gasteiger partial charge in [-0.1, -0.05) is 42.8 Å². The molecular formula is C20H21ClFN3O2. The van der Waals surface area contributed by atoms with E-state index in [0.717, 1.165) is 5.56 Å². The molecule has 1 saturated heterocycles. The highest BCUT2D eigenvalue weighted by atomic mass is 35.5. The van der Waals surface area contributed by atoms with Crippen LogP contribution in [0.3, 0.4) is 0 Å². The van der Waals surface area contributed by atoms with Gasteiger partial charge >= 0.3 is 6.03 Å². The van der Waals surface area contributed by atoms with E-state index < -0.39 is 11.6 Å². The van der Waals surface area contributed by atoms with Gasteiger partial charge in [0.05, 0.1) is 6.67 Å². The monoisotopic (exact) mass is 389 g/mol. The molecule has 3 rings (SSSR count). The van der Waals surface area contributed by atoms with Gasteiger partial charge in [0.25, 0.3) is 5.91 Å². The van der Waals surface area contributed by atoms with Crippen molar-refractivity contribution in [2.45, 2.75) is 25.4 Å². The number of hydrogen-bond acceptors (Lipinski definition) is 3. The van der Waals surface area contributed by atoms with E-state index in [1.165, 1.54) is 17.0 Å². The lowest BCUT2D eigenvalue weighted by molar-refractivity contribution is -0.133. The van der Waals surface area contributed by atoms with E-state index in [4.69, 9.17) is 11.6 Å². The van der Waals surface area contributed by atoms with Crippen LogP contribution in [0.1, 0.15) is 24.5 Å². The van der Waals surface area contributed by atoms with Crippen LogP contribution in [0, 0.1) is 5.82 Å². The molecular weight excluding hydrogens is 369 g/mol. The number of rotatable bonds is 6. The van der Waals surface area contributed by atoms with Gasteiger partial charge in [0, 0.05) is 11.6 Å². The smallest absolute Gasteiger partial charge is 0.319 e. The maximum absolute atomic E-state index is 13.1.